The second-order valence-electron chi connectivity index (χ2n) is 8.06. The van der Waals surface area contributed by atoms with E-state index in [4.69, 9.17) is 0 Å². The maximum Gasteiger partial charge on any atom is 0.265 e. The van der Waals surface area contributed by atoms with Gasteiger partial charge in [-0.1, -0.05) is 55.8 Å². The van der Waals surface area contributed by atoms with E-state index in [1.54, 1.807) is 18.2 Å². The molecule has 1 aromatic heterocycles. The van der Waals surface area contributed by atoms with Gasteiger partial charge in [-0.2, -0.15) is 0 Å². The summed E-state index contributed by atoms with van der Waals surface area (Å²) >= 11 is 3.77. The summed E-state index contributed by atoms with van der Waals surface area (Å²) in [6.45, 7) is 3.96. The summed E-state index contributed by atoms with van der Waals surface area (Å²) in [4.78, 5) is 16.0. The SMILES string of the molecule is CCCC=CS(=O)(=O)NC(=O)c1ccc2[nH]c(C)c(Cc3ccc4ccccc4c3Br)c2c1. The Kier molecular flexibility index (Phi) is 6.72. The summed E-state index contributed by atoms with van der Waals surface area (Å²) in [5.74, 6) is -0.644. The Balaban J connectivity index is 1.67. The van der Waals surface area contributed by atoms with E-state index in [1.807, 2.05) is 32.0 Å². The molecule has 0 aliphatic carbocycles. The van der Waals surface area contributed by atoms with Crippen molar-refractivity contribution in [3.63, 3.8) is 0 Å². The summed E-state index contributed by atoms with van der Waals surface area (Å²) < 4.78 is 27.5. The quantitative estimate of drug-likeness (QED) is 0.295. The van der Waals surface area contributed by atoms with Gasteiger partial charge >= 0.3 is 0 Å². The third kappa shape index (κ3) is 5.04. The number of aryl methyl sites for hydroxylation is 1. The zero-order chi connectivity index (χ0) is 23.6. The molecular weight excluding hydrogens is 500 g/mol. The Bertz CT molecular complexity index is 1490. The van der Waals surface area contributed by atoms with Crippen LogP contribution < -0.4 is 4.72 Å². The first-order valence-corrected chi connectivity index (χ1v) is 13.1. The smallest absolute Gasteiger partial charge is 0.265 e. The van der Waals surface area contributed by atoms with E-state index in [0.717, 1.165) is 54.8 Å². The van der Waals surface area contributed by atoms with Crippen LogP contribution in [-0.2, 0) is 16.4 Å². The molecule has 1 heterocycles. The minimum absolute atomic E-state index is 0.299. The first-order chi connectivity index (χ1) is 15.8. The number of nitrogens with one attached hydrogen (secondary N) is 2. The summed E-state index contributed by atoms with van der Waals surface area (Å²) in [7, 11) is -3.83. The van der Waals surface area contributed by atoms with Gasteiger partial charge in [0.05, 0.1) is 0 Å². The normalized spacial score (nSPS) is 12.1. The number of aromatic nitrogens is 1. The molecule has 0 saturated carbocycles. The standard InChI is InChI=1S/C26H25BrN2O3S/c1-3-4-7-14-33(31,32)29-26(30)20-12-13-24-23(16-20)22(17(2)28-24)15-19-11-10-18-8-5-6-9-21(18)25(19)27/h5-14,16,28H,3-4,15H2,1-2H3,(H,29,30). The van der Waals surface area contributed by atoms with Gasteiger partial charge in [-0.3, -0.25) is 4.79 Å². The van der Waals surface area contributed by atoms with E-state index >= 15 is 0 Å². The van der Waals surface area contributed by atoms with E-state index in [-0.39, 0.29) is 0 Å². The number of amides is 1. The summed E-state index contributed by atoms with van der Waals surface area (Å²) in [5.41, 5.74) is 4.42. The lowest BCUT2D eigenvalue weighted by molar-refractivity contribution is 0.0982. The second kappa shape index (κ2) is 9.53. The predicted molar refractivity (Wildman–Crippen MR) is 138 cm³/mol. The molecule has 33 heavy (non-hydrogen) atoms. The van der Waals surface area contributed by atoms with Gasteiger partial charge in [-0.25, -0.2) is 13.1 Å². The highest BCUT2D eigenvalue weighted by Crippen LogP contribution is 2.32. The zero-order valence-corrected chi connectivity index (χ0v) is 20.9. The van der Waals surface area contributed by atoms with Crippen molar-refractivity contribution < 1.29 is 13.2 Å². The first-order valence-electron chi connectivity index (χ1n) is 10.8. The van der Waals surface area contributed by atoms with Gasteiger partial charge in [0.15, 0.2) is 0 Å². The van der Waals surface area contributed by atoms with E-state index < -0.39 is 15.9 Å². The Hall–Kier alpha value is -2.90. The minimum atomic E-state index is -3.83. The monoisotopic (exact) mass is 524 g/mol. The molecule has 4 aromatic rings. The van der Waals surface area contributed by atoms with Crippen LogP contribution in [-0.4, -0.2) is 19.3 Å². The largest absolute Gasteiger partial charge is 0.358 e. The lowest BCUT2D eigenvalue weighted by Crippen LogP contribution is -2.28. The lowest BCUT2D eigenvalue weighted by atomic mass is 9.98. The van der Waals surface area contributed by atoms with Crippen LogP contribution in [0.1, 0.15) is 46.9 Å². The highest BCUT2D eigenvalue weighted by molar-refractivity contribution is 9.10. The predicted octanol–water partition coefficient (Wildman–Crippen LogP) is 6.36. The highest BCUT2D eigenvalue weighted by Gasteiger charge is 2.17. The molecule has 0 fully saturated rings. The Morgan fingerprint density at radius 1 is 1.09 bits per heavy atom. The molecule has 0 aliphatic heterocycles. The van der Waals surface area contributed by atoms with Crippen LogP contribution in [0.4, 0.5) is 0 Å². The first kappa shape index (κ1) is 23.3. The molecule has 0 bridgehead atoms. The molecule has 0 spiro atoms. The molecule has 0 atom stereocenters. The molecule has 170 valence electrons. The minimum Gasteiger partial charge on any atom is -0.358 e. The zero-order valence-electron chi connectivity index (χ0n) is 18.5. The molecule has 5 nitrogen and oxygen atoms in total. The van der Waals surface area contributed by atoms with Gasteiger partial charge in [-0.15, -0.1) is 0 Å². The van der Waals surface area contributed by atoms with Gasteiger partial charge in [0.25, 0.3) is 15.9 Å². The summed E-state index contributed by atoms with van der Waals surface area (Å²) in [6, 6.07) is 17.6. The van der Waals surface area contributed by atoms with Crippen LogP contribution >= 0.6 is 15.9 Å². The molecule has 1 amide bonds. The van der Waals surface area contributed by atoms with Crippen molar-refractivity contribution in [3.05, 3.63) is 92.9 Å². The average molecular weight is 525 g/mol. The number of aromatic amines is 1. The molecule has 0 radical (unpaired) electrons. The number of fused-ring (bicyclic) bond motifs is 2. The number of allylic oxidation sites excluding steroid dienone is 1. The van der Waals surface area contributed by atoms with Crippen LogP contribution in [0.2, 0.25) is 0 Å². The fraction of sp³-hybridized carbons (Fsp3) is 0.192. The summed E-state index contributed by atoms with van der Waals surface area (Å²) in [6.07, 6.45) is 3.69. The number of hydrogen-bond donors (Lipinski definition) is 2. The van der Waals surface area contributed by atoms with E-state index in [1.165, 1.54) is 0 Å². The van der Waals surface area contributed by atoms with E-state index in [0.29, 0.717) is 18.4 Å². The van der Waals surface area contributed by atoms with Crippen LogP contribution in [0.5, 0.6) is 0 Å². The number of halogens is 1. The second-order valence-corrected chi connectivity index (χ2v) is 10.4. The third-order valence-corrected chi connectivity index (χ3v) is 7.61. The molecule has 7 heteroatoms. The van der Waals surface area contributed by atoms with Gasteiger partial charge in [0.1, 0.15) is 0 Å². The molecule has 4 rings (SSSR count). The van der Waals surface area contributed by atoms with Gasteiger partial charge in [-0.05, 0) is 69.4 Å². The van der Waals surface area contributed by atoms with Gasteiger partial charge in [0, 0.05) is 38.5 Å². The Morgan fingerprint density at radius 3 is 2.67 bits per heavy atom. The number of carbonyl (C=O) groups is 1. The fourth-order valence-corrected chi connectivity index (χ4v) is 5.41. The Morgan fingerprint density at radius 2 is 1.88 bits per heavy atom. The maximum atomic E-state index is 12.7. The van der Waals surface area contributed by atoms with E-state index in [2.05, 4.69) is 49.9 Å². The molecule has 0 saturated heterocycles. The van der Waals surface area contributed by atoms with Crippen molar-refractivity contribution in [2.75, 3.05) is 0 Å². The lowest BCUT2D eigenvalue weighted by Gasteiger charge is -2.09. The molecular formula is C26H25BrN2O3S. The molecule has 0 aliphatic rings. The highest BCUT2D eigenvalue weighted by atomic mass is 79.9. The number of carbonyl (C=O) groups excluding carboxylic acids is 1. The van der Waals surface area contributed by atoms with Crippen molar-refractivity contribution >= 4 is 53.5 Å². The number of hydrogen-bond acceptors (Lipinski definition) is 3. The van der Waals surface area contributed by atoms with Crippen molar-refractivity contribution in [1.82, 2.24) is 9.71 Å². The molecule has 3 aromatic carbocycles. The van der Waals surface area contributed by atoms with Gasteiger partial charge in [0.2, 0.25) is 0 Å². The van der Waals surface area contributed by atoms with E-state index in [9.17, 15) is 13.2 Å². The van der Waals surface area contributed by atoms with Crippen LogP contribution in [0, 0.1) is 6.92 Å². The van der Waals surface area contributed by atoms with Crippen LogP contribution in [0.15, 0.2) is 70.6 Å². The molecule has 2 N–H and O–H groups in total. The van der Waals surface area contributed by atoms with Crippen LogP contribution in [0.3, 0.4) is 0 Å². The average Bonchev–Trinajstić information content (AvgIpc) is 3.09. The molecule has 0 unspecified atom stereocenters. The number of benzene rings is 3. The topological polar surface area (TPSA) is 79.0 Å². The Labute approximate surface area is 202 Å². The van der Waals surface area contributed by atoms with Gasteiger partial charge < -0.3 is 4.98 Å². The number of unbranched alkanes of at least 4 members (excludes halogenated alkanes) is 1. The van der Waals surface area contributed by atoms with Crippen molar-refractivity contribution in [1.29, 1.82) is 0 Å². The van der Waals surface area contributed by atoms with Crippen molar-refractivity contribution in [2.24, 2.45) is 0 Å². The number of rotatable bonds is 7. The fourth-order valence-electron chi connectivity index (χ4n) is 3.94. The summed E-state index contributed by atoms with van der Waals surface area (Å²) in [5, 5.41) is 4.26. The van der Waals surface area contributed by atoms with Crippen molar-refractivity contribution in [3.8, 4) is 0 Å². The van der Waals surface area contributed by atoms with Crippen LogP contribution in [0.25, 0.3) is 21.7 Å². The third-order valence-electron chi connectivity index (χ3n) is 5.66. The maximum absolute atomic E-state index is 12.7. The number of sulfonamides is 1. The number of H-pyrrole nitrogens is 1. The van der Waals surface area contributed by atoms with Crippen molar-refractivity contribution in [2.45, 2.75) is 33.1 Å².